The van der Waals surface area contributed by atoms with E-state index in [1.165, 1.54) is 0 Å². The van der Waals surface area contributed by atoms with Crippen molar-refractivity contribution in [3.8, 4) is 0 Å². The van der Waals surface area contributed by atoms with Gasteiger partial charge in [-0.05, 0) is 38.1 Å². The van der Waals surface area contributed by atoms with Crippen LogP contribution in [0.25, 0.3) is 0 Å². The Labute approximate surface area is 125 Å². The number of hydrogen-bond acceptors (Lipinski definition) is 3. The SMILES string of the molecule is C=CCSCCNC(=O)c1cccn1C1CCNCC1. The Hall–Kier alpha value is -1.20. The minimum atomic E-state index is 0.0349. The highest BCUT2D eigenvalue weighted by atomic mass is 32.2. The molecule has 2 heterocycles. The molecular formula is C15H23N3OS. The molecule has 20 heavy (non-hydrogen) atoms. The first kappa shape index (κ1) is 15.2. The highest BCUT2D eigenvalue weighted by Gasteiger charge is 2.19. The molecule has 1 aromatic heterocycles. The topological polar surface area (TPSA) is 46.1 Å². The van der Waals surface area contributed by atoms with Crippen molar-refractivity contribution in [1.29, 1.82) is 0 Å². The molecule has 1 amide bonds. The van der Waals surface area contributed by atoms with E-state index in [0.29, 0.717) is 12.6 Å². The molecule has 2 N–H and O–H groups in total. The van der Waals surface area contributed by atoms with Crippen molar-refractivity contribution in [3.63, 3.8) is 0 Å². The number of carbonyl (C=O) groups excluding carboxylic acids is 1. The van der Waals surface area contributed by atoms with Crippen molar-refractivity contribution in [1.82, 2.24) is 15.2 Å². The Morgan fingerprint density at radius 3 is 3.10 bits per heavy atom. The van der Waals surface area contributed by atoms with Crippen LogP contribution in [0.15, 0.2) is 31.0 Å². The van der Waals surface area contributed by atoms with E-state index in [0.717, 1.165) is 43.1 Å². The number of nitrogens with zero attached hydrogens (tertiary/aromatic N) is 1. The molecule has 0 radical (unpaired) electrons. The van der Waals surface area contributed by atoms with Crippen molar-refractivity contribution in [2.75, 3.05) is 31.1 Å². The fourth-order valence-corrected chi connectivity index (χ4v) is 3.06. The van der Waals surface area contributed by atoms with Gasteiger partial charge < -0.3 is 15.2 Å². The van der Waals surface area contributed by atoms with E-state index >= 15 is 0 Å². The van der Waals surface area contributed by atoms with Crippen LogP contribution in [0.4, 0.5) is 0 Å². The highest BCUT2D eigenvalue weighted by molar-refractivity contribution is 7.99. The van der Waals surface area contributed by atoms with Gasteiger partial charge in [0.2, 0.25) is 0 Å². The van der Waals surface area contributed by atoms with Gasteiger partial charge in [-0.2, -0.15) is 11.8 Å². The fourth-order valence-electron chi connectivity index (χ4n) is 2.48. The maximum absolute atomic E-state index is 12.2. The molecule has 1 aromatic rings. The second-order valence-corrected chi connectivity index (χ2v) is 6.05. The summed E-state index contributed by atoms with van der Waals surface area (Å²) in [6.45, 7) is 6.44. The number of rotatable bonds is 7. The van der Waals surface area contributed by atoms with Gasteiger partial charge in [-0.15, -0.1) is 6.58 Å². The molecule has 1 fully saturated rings. The van der Waals surface area contributed by atoms with Crippen molar-refractivity contribution >= 4 is 17.7 Å². The molecule has 0 spiro atoms. The minimum absolute atomic E-state index is 0.0349. The Bertz CT molecular complexity index is 438. The predicted molar refractivity (Wildman–Crippen MR) is 85.4 cm³/mol. The van der Waals surface area contributed by atoms with Crippen LogP contribution in [-0.4, -0.2) is 41.6 Å². The maximum atomic E-state index is 12.2. The van der Waals surface area contributed by atoms with Crippen LogP contribution >= 0.6 is 11.8 Å². The zero-order valence-corrected chi connectivity index (χ0v) is 12.6. The van der Waals surface area contributed by atoms with E-state index in [2.05, 4.69) is 21.8 Å². The van der Waals surface area contributed by atoms with Gasteiger partial charge in [0, 0.05) is 30.3 Å². The lowest BCUT2D eigenvalue weighted by atomic mass is 10.1. The van der Waals surface area contributed by atoms with E-state index < -0.39 is 0 Å². The van der Waals surface area contributed by atoms with Crippen LogP contribution in [0.1, 0.15) is 29.4 Å². The van der Waals surface area contributed by atoms with Gasteiger partial charge in [-0.25, -0.2) is 0 Å². The smallest absolute Gasteiger partial charge is 0.267 e. The molecule has 1 aliphatic heterocycles. The van der Waals surface area contributed by atoms with Gasteiger partial charge in [-0.3, -0.25) is 4.79 Å². The molecule has 0 saturated carbocycles. The molecule has 1 aliphatic rings. The Morgan fingerprint density at radius 2 is 2.35 bits per heavy atom. The van der Waals surface area contributed by atoms with Gasteiger partial charge in [0.15, 0.2) is 0 Å². The fraction of sp³-hybridized carbons (Fsp3) is 0.533. The van der Waals surface area contributed by atoms with Crippen LogP contribution in [0.2, 0.25) is 0 Å². The molecule has 0 aromatic carbocycles. The molecular weight excluding hydrogens is 270 g/mol. The summed E-state index contributed by atoms with van der Waals surface area (Å²) in [6, 6.07) is 4.32. The number of aromatic nitrogens is 1. The molecule has 110 valence electrons. The van der Waals surface area contributed by atoms with Gasteiger partial charge in [0.1, 0.15) is 5.69 Å². The van der Waals surface area contributed by atoms with E-state index in [1.807, 2.05) is 24.4 Å². The number of hydrogen-bond donors (Lipinski definition) is 2. The van der Waals surface area contributed by atoms with Crippen molar-refractivity contribution in [2.45, 2.75) is 18.9 Å². The number of carbonyl (C=O) groups is 1. The normalized spacial score (nSPS) is 16.0. The second kappa shape index (κ2) is 8.17. The predicted octanol–water partition coefficient (Wildman–Crippen LogP) is 2.06. The average molecular weight is 293 g/mol. The molecule has 1 saturated heterocycles. The number of thioether (sulfide) groups is 1. The summed E-state index contributed by atoms with van der Waals surface area (Å²) in [5.41, 5.74) is 0.783. The first-order chi connectivity index (χ1) is 9.83. The van der Waals surface area contributed by atoms with Crippen LogP contribution < -0.4 is 10.6 Å². The lowest BCUT2D eigenvalue weighted by molar-refractivity contribution is 0.0943. The zero-order valence-electron chi connectivity index (χ0n) is 11.8. The standard InChI is InChI=1S/C15H23N3OS/c1-2-11-20-12-9-17-15(19)14-4-3-10-18(14)13-5-7-16-8-6-13/h2-4,10,13,16H,1,5-9,11-12H2,(H,17,19). The van der Waals surface area contributed by atoms with Crippen molar-refractivity contribution in [3.05, 3.63) is 36.7 Å². The first-order valence-corrected chi connectivity index (χ1v) is 8.33. The molecule has 0 bridgehead atoms. The third-order valence-electron chi connectivity index (χ3n) is 3.48. The van der Waals surface area contributed by atoms with Crippen LogP contribution in [-0.2, 0) is 0 Å². The largest absolute Gasteiger partial charge is 0.350 e. The van der Waals surface area contributed by atoms with Gasteiger partial charge in [-0.1, -0.05) is 6.08 Å². The van der Waals surface area contributed by atoms with Gasteiger partial charge in [0.05, 0.1) is 0 Å². The third kappa shape index (κ3) is 4.15. The Morgan fingerprint density at radius 1 is 1.55 bits per heavy atom. The van der Waals surface area contributed by atoms with E-state index in [1.54, 1.807) is 11.8 Å². The lowest BCUT2D eigenvalue weighted by Crippen LogP contribution is -2.33. The van der Waals surface area contributed by atoms with Crippen LogP contribution in [0, 0.1) is 0 Å². The summed E-state index contributed by atoms with van der Waals surface area (Å²) in [7, 11) is 0. The minimum Gasteiger partial charge on any atom is -0.350 e. The summed E-state index contributed by atoms with van der Waals surface area (Å²) < 4.78 is 2.13. The Kier molecular flexibility index (Phi) is 6.21. The van der Waals surface area contributed by atoms with Crippen LogP contribution in [0.5, 0.6) is 0 Å². The van der Waals surface area contributed by atoms with Crippen molar-refractivity contribution < 1.29 is 4.79 Å². The Balaban J connectivity index is 1.86. The van der Waals surface area contributed by atoms with E-state index in [4.69, 9.17) is 0 Å². The number of nitrogens with one attached hydrogen (secondary N) is 2. The number of piperidine rings is 1. The molecule has 4 nitrogen and oxygen atoms in total. The highest BCUT2D eigenvalue weighted by Crippen LogP contribution is 2.21. The molecule has 2 rings (SSSR count). The van der Waals surface area contributed by atoms with Crippen LogP contribution in [0.3, 0.4) is 0 Å². The molecule has 0 unspecified atom stereocenters. The quantitative estimate of drug-likeness (QED) is 0.597. The molecule has 0 atom stereocenters. The zero-order chi connectivity index (χ0) is 14.2. The van der Waals surface area contributed by atoms with Crippen molar-refractivity contribution in [2.24, 2.45) is 0 Å². The summed E-state index contributed by atoms with van der Waals surface area (Å²) in [5.74, 6) is 1.89. The number of amides is 1. The maximum Gasteiger partial charge on any atom is 0.267 e. The third-order valence-corrected chi connectivity index (χ3v) is 4.45. The molecule has 0 aliphatic carbocycles. The second-order valence-electron chi connectivity index (χ2n) is 4.90. The summed E-state index contributed by atoms with van der Waals surface area (Å²) in [5, 5.41) is 6.35. The monoisotopic (exact) mass is 293 g/mol. The average Bonchev–Trinajstić information content (AvgIpc) is 2.97. The van der Waals surface area contributed by atoms with E-state index in [9.17, 15) is 4.79 Å². The molecule has 5 heteroatoms. The summed E-state index contributed by atoms with van der Waals surface area (Å²) >= 11 is 1.78. The lowest BCUT2D eigenvalue weighted by Gasteiger charge is -2.25. The van der Waals surface area contributed by atoms with Gasteiger partial charge >= 0.3 is 0 Å². The summed E-state index contributed by atoms with van der Waals surface area (Å²) in [4.78, 5) is 12.2. The first-order valence-electron chi connectivity index (χ1n) is 7.17. The van der Waals surface area contributed by atoms with E-state index in [-0.39, 0.29) is 5.91 Å². The van der Waals surface area contributed by atoms with Gasteiger partial charge in [0.25, 0.3) is 5.91 Å². The summed E-state index contributed by atoms with van der Waals surface area (Å²) in [6.07, 6.45) is 6.08.